The second-order valence-corrected chi connectivity index (χ2v) is 7.26. The predicted octanol–water partition coefficient (Wildman–Crippen LogP) is -1.08. The normalized spacial score (nSPS) is 30.4. The Kier molecular flexibility index (Phi) is 4.58. The molecule has 6 nitrogen and oxygen atoms in total. The van der Waals surface area contributed by atoms with Gasteiger partial charge in [0.05, 0.1) is 24.7 Å². The van der Waals surface area contributed by atoms with Crippen molar-refractivity contribution in [2.45, 2.75) is 18.9 Å². The Bertz CT molecular complexity index is 390. The summed E-state index contributed by atoms with van der Waals surface area (Å²) < 4.78 is 27.7. The van der Waals surface area contributed by atoms with E-state index in [1.807, 2.05) is 0 Å². The van der Waals surface area contributed by atoms with Crippen LogP contribution in [0.5, 0.6) is 0 Å². The first-order valence-electron chi connectivity index (χ1n) is 6.33. The second-order valence-electron chi connectivity index (χ2n) is 5.03. The van der Waals surface area contributed by atoms with Crippen LogP contribution in [0.3, 0.4) is 0 Å². The Morgan fingerprint density at radius 3 is 2.78 bits per heavy atom. The van der Waals surface area contributed by atoms with Crippen molar-refractivity contribution in [3.05, 3.63) is 0 Å². The lowest BCUT2D eigenvalue weighted by Crippen LogP contribution is -2.42. The van der Waals surface area contributed by atoms with Crippen LogP contribution >= 0.6 is 0 Å². The van der Waals surface area contributed by atoms with Crippen LogP contribution in [0, 0.1) is 5.92 Å². The van der Waals surface area contributed by atoms with E-state index in [1.165, 1.54) is 0 Å². The molecule has 104 valence electrons. The summed E-state index contributed by atoms with van der Waals surface area (Å²) in [5, 5.41) is 5.83. The van der Waals surface area contributed by atoms with E-state index in [0.29, 0.717) is 12.3 Å². The molecule has 7 heteroatoms. The van der Waals surface area contributed by atoms with Crippen LogP contribution in [0.2, 0.25) is 0 Å². The molecule has 0 aromatic rings. The number of rotatable bonds is 5. The molecule has 0 aliphatic carbocycles. The highest BCUT2D eigenvalue weighted by Gasteiger charge is 2.28. The van der Waals surface area contributed by atoms with Gasteiger partial charge in [-0.3, -0.25) is 4.79 Å². The quantitative estimate of drug-likeness (QED) is 0.667. The van der Waals surface area contributed by atoms with Crippen LogP contribution < -0.4 is 10.6 Å². The first-order chi connectivity index (χ1) is 8.55. The molecule has 0 aromatic carbocycles. The average Bonchev–Trinajstić information content (AvgIpc) is 2.88. The fourth-order valence-corrected chi connectivity index (χ4v) is 4.00. The van der Waals surface area contributed by atoms with E-state index in [2.05, 4.69) is 10.6 Å². The number of hydrogen-bond acceptors (Lipinski definition) is 5. The van der Waals surface area contributed by atoms with E-state index >= 15 is 0 Å². The summed E-state index contributed by atoms with van der Waals surface area (Å²) in [7, 11) is -2.93. The van der Waals surface area contributed by atoms with Crippen LogP contribution in [0.1, 0.15) is 12.8 Å². The zero-order chi connectivity index (χ0) is 13.0. The third-order valence-corrected chi connectivity index (χ3v) is 5.11. The van der Waals surface area contributed by atoms with E-state index < -0.39 is 9.84 Å². The summed E-state index contributed by atoms with van der Waals surface area (Å²) in [4.78, 5) is 11.6. The van der Waals surface area contributed by atoms with Crippen molar-refractivity contribution in [1.29, 1.82) is 0 Å². The summed E-state index contributed by atoms with van der Waals surface area (Å²) in [6, 6.07) is -0.209. The smallest absolute Gasteiger partial charge is 0.234 e. The maximum atomic E-state index is 11.6. The molecule has 0 aromatic heterocycles. The van der Waals surface area contributed by atoms with Gasteiger partial charge in [-0.2, -0.15) is 0 Å². The molecule has 2 aliphatic heterocycles. The van der Waals surface area contributed by atoms with Gasteiger partial charge in [-0.25, -0.2) is 8.42 Å². The van der Waals surface area contributed by atoms with Crippen molar-refractivity contribution in [3.63, 3.8) is 0 Å². The molecule has 2 fully saturated rings. The molecule has 0 spiro atoms. The van der Waals surface area contributed by atoms with Gasteiger partial charge in [0.1, 0.15) is 0 Å². The summed E-state index contributed by atoms with van der Waals surface area (Å²) in [5.41, 5.74) is 0. The number of amides is 1. The zero-order valence-electron chi connectivity index (χ0n) is 10.4. The van der Waals surface area contributed by atoms with Gasteiger partial charge < -0.3 is 15.4 Å². The average molecular weight is 276 g/mol. The number of carbonyl (C=O) groups excluding carboxylic acids is 1. The van der Waals surface area contributed by atoms with Crippen molar-refractivity contribution < 1.29 is 17.9 Å². The zero-order valence-corrected chi connectivity index (χ0v) is 11.2. The lowest BCUT2D eigenvalue weighted by molar-refractivity contribution is -0.120. The second kappa shape index (κ2) is 5.99. The molecule has 2 heterocycles. The molecule has 2 aliphatic rings. The number of ether oxygens (including phenoxy) is 1. The van der Waals surface area contributed by atoms with Crippen molar-refractivity contribution in [2.24, 2.45) is 5.92 Å². The highest BCUT2D eigenvalue weighted by Crippen LogP contribution is 2.11. The molecule has 2 saturated heterocycles. The molecule has 0 bridgehead atoms. The molecule has 0 radical (unpaired) electrons. The number of carbonyl (C=O) groups is 1. The van der Waals surface area contributed by atoms with Gasteiger partial charge in [0.2, 0.25) is 5.91 Å². The third-order valence-electron chi connectivity index (χ3n) is 3.34. The summed E-state index contributed by atoms with van der Waals surface area (Å²) >= 11 is 0. The summed E-state index contributed by atoms with van der Waals surface area (Å²) in [6.45, 7) is 2.58. The van der Waals surface area contributed by atoms with Crippen molar-refractivity contribution >= 4 is 15.7 Å². The monoisotopic (exact) mass is 276 g/mol. The predicted molar refractivity (Wildman–Crippen MR) is 67.0 cm³/mol. The first kappa shape index (κ1) is 13.8. The lowest BCUT2D eigenvalue weighted by Gasteiger charge is -2.12. The SMILES string of the molecule is O=C(CNCC1CCOC1)NC1CCS(=O)(=O)C1. The van der Waals surface area contributed by atoms with Crippen LogP contribution in [-0.4, -0.2) is 58.2 Å². The van der Waals surface area contributed by atoms with E-state index in [9.17, 15) is 13.2 Å². The third kappa shape index (κ3) is 4.22. The minimum atomic E-state index is -2.93. The minimum absolute atomic E-state index is 0.0786. The van der Waals surface area contributed by atoms with E-state index in [0.717, 1.165) is 26.2 Å². The summed E-state index contributed by atoms with van der Waals surface area (Å²) in [6.07, 6.45) is 1.57. The Balaban J connectivity index is 1.60. The Labute approximate surface area is 107 Å². The molecule has 2 rings (SSSR count). The van der Waals surface area contributed by atoms with Gasteiger partial charge in [-0.15, -0.1) is 0 Å². The van der Waals surface area contributed by atoms with Crippen molar-refractivity contribution in [1.82, 2.24) is 10.6 Å². The summed E-state index contributed by atoms with van der Waals surface area (Å²) in [5.74, 6) is 0.626. The first-order valence-corrected chi connectivity index (χ1v) is 8.15. The maximum Gasteiger partial charge on any atom is 0.234 e. The van der Waals surface area contributed by atoms with Crippen molar-refractivity contribution in [2.75, 3.05) is 37.8 Å². The minimum Gasteiger partial charge on any atom is -0.381 e. The van der Waals surface area contributed by atoms with Gasteiger partial charge in [-0.1, -0.05) is 0 Å². The Morgan fingerprint density at radius 1 is 1.33 bits per heavy atom. The Hall–Kier alpha value is -0.660. The van der Waals surface area contributed by atoms with E-state index in [4.69, 9.17) is 4.74 Å². The van der Waals surface area contributed by atoms with Gasteiger partial charge in [0.25, 0.3) is 0 Å². The highest BCUT2D eigenvalue weighted by atomic mass is 32.2. The molecule has 2 N–H and O–H groups in total. The van der Waals surface area contributed by atoms with Crippen LogP contribution in [0.25, 0.3) is 0 Å². The van der Waals surface area contributed by atoms with Gasteiger partial charge in [0, 0.05) is 19.2 Å². The largest absolute Gasteiger partial charge is 0.381 e. The van der Waals surface area contributed by atoms with Crippen molar-refractivity contribution in [3.8, 4) is 0 Å². The fraction of sp³-hybridized carbons (Fsp3) is 0.909. The maximum absolute atomic E-state index is 11.6. The Morgan fingerprint density at radius 2 is 2.17 bits per heavy atom. The van der Waals surface area contributed by atoms with Crippen LogP contribution in [0.15, 0.2) is 0 Å². The van der Waals surface area contributed by atoms with Gasteiger partial charge >= 0.3 is 0 Å². The van der Waals surface area contributed by atoms with Crippen LogP contribution in [-0.2, 0) is 19.4 Å². The molecule has 2 atom stereocenters. The van der Waals surface area contributed by atoms with Gasteiger partial charge in [-0.05, 0) is 18.8 Å². The highest BCUT2D eigenvalue weighted by molar-refractivity contribution is 7.91. The van der Waals surface area contributed by atoms with E-state index in [1.54, 1.807) is 0 Å². The van der Waals surface area contributed by atoms with Gasteiger partial charge in [0.15, 0.2) is 9.84 Å². The number of nitrogens with one attached hydrogen (secondary N) is 2. The molecule has 0 saturated carbocycles. The molecule has 2 unspecified atom stereocenters. The fourth-order valence-electron chi connectivity index (χ4n) is 2.32. The molecule has 1 amide bonds. The number of sulfone groups is 1. The van der Waals surface area contributed by atoms with Crippen LogP contribution in [0.4, 0.5) is 0 Å². The molecule has 18 heavy (non-hydrogen) atoms. The van der Waals surface area contributed by atoms with E-state index in [-0.39, 0.29) is 30.0 Å². The number of hydrogen-bond donors (Lipinski definition) is 2. The molecular weight excluding hydrogens is 256 g/mol. The standard InChI is InChI=1S/C11H20N2O4S/c14-11(6-12-5-9-1-3-17-7-9)13-10-2-4-18(15,16)8-10/h9-10,12H,1-8H2,(H,13,14). The lowest BCUT2D eigenvalue weighted by atomic mass is 10.1. The molecular formula is C11H20N2O4S. The topological polar surface area (TPSA) is 84.5 Å².